The molecule has 1 aromatic carbocycles. The van der Waals surface area contributed by atoms with Crippen molar-refractivity contribution in [2.45, 2.75) is 6.92 Å². The van der Waals surface area contributed by atoms with E-state index in [9.17, 15) is 9.90 Å². The number of carboxylic acids is 1. The number of aromatic carboxylic acids is 1. The lowest BCUT2D eigenvalue weighted by Gasteiger charge is -1.97. The van der Waals surface area contributed by atoms with E-state index < -0.39 is 5.97 Å². The maximum absolute atomic E-state index is 10.9. The number of rotatable bonds is 1. The first-order valence-electron chi connectivity index (χ1n) is 4.69. The van der Waals surface area contributed by atoms with Crippen LogP contribution in [0, 0.1) is 6.92 Å². The second-order valence-electron chi connectivity index (χ2n) is 3.72. The number of carbonyl (C=O) groups excluding carboxylic acids is 1. The quantitative estimate of drug-likeness (QED) is 0.597. The van der Waals surface area contributed by atoms with Crippen molar-refractivity contribution >= 4 is 17.0 Å². The van der Waals surface area contributed by atoms with Gasteiger partial charge in [-0.3, -0.25) is 0 Å². The monoisotopic (exact) mass is 204 g/mol. The molecule has 2 rings (SSSR count). The third-order valence-electron chi connectivity index (χ3n) is 2.67. The fraction of sp³-hybridized carbons (Fsp3) is 0.273. The van der Waals surface area contributed by atoms with Crippen LogP contribution in [-0.2, 0) is 14.1 Å². The lowest BCUT2D eigenvalue weighted by molar-refractivity contribution is -0.650. The number of fused-ring (bicyclic) bond motifs is 1. The van der Waals surface area contributed by atoms with Crippen molar-refractivity contribution in [2.75, 3.05) is 0 Å². The van der Waals surface area contributed by atoms with Gasteiger partial charge in [-0.15, -0.1) is 0 Å². The summed E-state index contributed by atoms with van der Waals surface area (Å²) in [5.74, 6) is -0.982. The summed E-state index contributed by atoms with van der Waals surface area (Å²) in [6.07, 6.45) is 0. The molecule has 0 radical (unpaired) electrons. The lowest BCUT2D eigenvalue weighted by Crippen LogP contribution is -2.41. The SMILES string of the molecule is Cc1ccc2c(c1)n(C)c(C(=O)[O-])[n+]2C. The molecule has 0 aliphatic carbocycles. The molecule has 78 valence electrons. The highest BCUT2D eigenvalue weighted by molar-refractivity contribution is 5.85. The smallest absolute Gasteiger partial charge is 0.305 e. The van der Waals surface area contributed by atoms with Crippen LogP contribution in [-0.4, -0.2) is 10.5 Å². The van der Waals surface area contributed by atoms with Crippen molar-refractivity contribution < 1.29 is 14.5 Å². The van der Waals surface area contributed by atoms with Crippen molar-refractivity contribution in [3.8, 4) is 0 Å². The first-order chi connectivity index (χ1) is 7.02. The van der Waals surface area contributed by atoms with E-state index in [0.29, 0.717) is 0 Å². The number of carbonyl (C=O) groups is 1. The maximum Gasteiger partial charge on any atom is 0.305 e. The molecule has 0 saturated carbocycles. The Bertz CT molecular complexity index is 555. The minimum Gasteiger partial charge on any atom is -0.538 e. The van der Waals surface area contributed by atoms with E-state index in [0.717, 1.165) is 16.6 Å². The Morgan fingerprint density at radius 2 is 2.13 bits per heavy atom. The highest BCUT2D eigenvalue weighted by Gasteiger charge is 2.20. The summed E-state index contributed by atoms with van der Waals surface area (Å²) in [6.45, 7) is 1.98. The van der Waals surface area contributed by atoms with Crippen LogP contribution in [0.1, 0.15) is 16.2 Å². The minimum absolute atomic E-state index is 0.176. The molecule has 0 spiro atoms. The zero-order chi connectivity index (χ0) is 11.2. The molecular weight excluding hydrogens is 192 g/mol. The van der Waals surface area contributed by atoms with Crippen LogP contribution in [0.2, 0.25) is 0 Å². The standard InChI is InChI=1S/C11H12N2O2/c1-7-4-5-8-9(6-7)13(3)10(11(14)15)12(8)2/h4-6H,1-3H3. The molecule has 0 amide bonds. The third-order valence-corrected chi connectivity index (χ3v) is 2.67. The Hall–Kier alpha value is -1.84. The highest BCUT2D eigenvalue weighted by Crippen LogP contribution is 2.14. The number of hydrogen-bond donors (Lipinski definition) is 0. The highest BCUT2D eigenvalue weighted by atomic mass is 16.4. The van der Waals surface area contributed by atoms with E-state index in [1.807, 2.05) is 25.1 Å². The number of imidazole rings is 1. The number of benzene rings is 1. The van der Waals surface area contributed by atoms with Crippen LogP contribution in [0.3, 0.4) is 0 Å². The number of aryl methyl sites for hydroxylation is 3. The summed E-state index contributed by atoms with van der Waals surface area (Å²) >= 11 is 0. The van der Waals surface area contributed by atoms with Crippen molar-refractivity contribution in [1.82, 2.24) is 4.57 Å². The summed E-state index contributed by atoms with van der Waals surface area (Å²) in [6, 6.07) is 5.83. The van der Waals surface area contributed by atoms with E-state index in [1.54, 1.807) is 23.2 Å². The molecule has 2 aromatic rings. The third kappa shape index (κ3) is 1.29. The topological polar surface area (TPSA) is 48.9 Å². The van der Waals surface area contributed by atoms with Gasteiger partial charge in [0.15, 0.2) is 17.0 Å². The number of carboxylic acid groups (broad SMARTS) is 1. The zero-order valence-electron chi connectivity index (χ0n) is 8.94. The molecule has 0 unspecified atom stereocenters. The summed E-state index contributed by atoms with van der Waals surface area (Å²) in [7, 11) is 3.45. The van der Waals surface area contributed by atoms with Crippen LogP contribution >= 0.6 is 0 Å². The average Bonchev–Trinajstić information content (AvgIpc) is 2.39. The number of hydrogen-bond acceptors (Lipinski definition) is 2. The van der Waals surface area contributed by atoms with Crippen molar-refractivity contribution in [3.63, 3.8) is 0 Å². The fourth-order valence-electron chi connectivity index (χ4n) is 1.91. The Morgan fingerprint density at radius 3 is 2.73 bits per heavy atom. The van der Waals surface area contributed by atoms with Gasteiger partial charge in [-0.2, -0.15) is 0 Å². The Kier molecular flexibility index (Phi) is 2.00. The Labute approximate surface area is 87.4 Å². The largest absolute Gasteiger partial charge is 0.538 e. The summed E-state index contributed by atoms with van der Waals surface area (Å²) < 4.78 is 3.27. The molecule has 0 N–H and O–H groups in total. The van der Waals surface area contributed by atoms with Gasteiger partial charge in [0.25, 0.3) is 0 Å². The summed E-state index contributed by atoms with van der Waals surface area (Å²) in [5, 5.41) is 10.9. The van der Waals surface area contributed by atoms with Crippen LogP contribution in [0.15, 0.2) is 18.2 Å². The molecular formula is C11H12N2O2. The predicted octanol–water partition coefficient (Wildman–Crippen LogP) is -0.325. The minimum atomic E-state index is -1.16. The molecule has 4 heteroatoms. The van der Waals surface area contributed by atoms with Gasteiger partial charge in [0.05, 0.1) is 14.1 Å². The lowest BCUT2D eigenvalue weighted by atomic mass is 10.2. The molecule has 0 bridgehead atoms. The van der Waals surface area contributed by atoms with Crippen LogP contribution in [0.25, 0.3) is 11.0 Å². The summed E-state index contributed by atoms with van der Waals surface area (Å²) in [4.78, 5) is 10.9. The molecule has 0 aliphatic heterocycles. The van der Waals surface area contributed by atoms with Gasteiger partial charge in [0, 0.05) is 0 Å². The zero-order valence-corrected chi connectivity index (χ0v) is 8.94. The van der Waals surface area contributed by atoms with E-state index in [1.165, 1.54) is 0 Å². The van der Waals surface area contributed by atoms with Gasteiger partial charge in [-0.25, -0.2) is 9.13 Å². The Balaban J connectivity index is 2.91. The van der Waals surface area contributed by atoms with E-state index in [2.05, 4.69) is 0 Å². The van der Waals surface area contributed by atoms with Crippen molar-refractivity contribution in [1.29, 1.82) is 0 Å². The first-order valence-corrected chi connectivity index (χ1v) is 4.69. The van der Waals surface area contributed by atoms with Gasteiger partial charge in [0.2, 0.25) is 0 Å². The molecule has 4 nitrogen and oxygen atoms in total. The first kappa shape index (κ1) is 9.71. The normalized spacial score (nSPS) is 10.9. The molecule has 0 aliphatic rings. The Morgan fingerprint density at radius 1 is 1.47 bits per heavy atom. The molecule has 1 aromatic heterocycles. The van der Waals surface area contributed by atoms with Crippen LogP contribution in [0.4, 0.5) is 0 Å². The van der Waals surface area contributed by atoms with E-state index >= 15 is 0 Å². The average molecular weight is 204 g/mol. The molecule has 0 fully saturated rings. The number of nitrogens with zero attached hydrogens (tertiary/aromatic N) is 2. The maximum atomic E-state index is 10.9. The molecule has 1 heterocycles. The van der Waals surface area contributed by atoms with E-state index in [-0.39, 0.29) is 5.82 Å². The van der Waals surface area contributed by atoms with Crippen LogP contribution < -0.4 is 9.67 Å². The second kappa shape index (κ2) is 3.08. The predicted molar refractivity (Wildman–Crippen MR) is 53.2 cm³/mol. The fourth-order valence-corrected chi connectivity index (χ4v) is 1.91. The molecule has 0 saturated heterocycles. The van der Waals surface area contributed by atoms with Gasteiger partial charge in [-0.05, 0) is 24.6 Å². The van der Waals surface area contributed by atoms with Gasteiger partial charge in [0.1, 0.15) is 0 Å². The number of aromatic nitrogens is 2. The van der Waals surface area contributed by atoms with Gasteiger partial charge < -0.3 is 9.90 Å². The summed E-state index contributed by atoms with van der Waals surface area (Å²) in [5.41, 5.74) is 2.90. The van der Waals surface area contributed by atoms with Crippen molar-refractivity contribution in [2.24, 2.45) is 14.1 Å². The second-order valence-corrected chi connectivity index (χ2v) is 3.72. The van der Waals surface area contributed by atoms with Gasteiger partial charge >= 0.3 is 5.82 Å². The van der Waals surface area contributed by atoms with Gasteiger partial charge in [-0.1, -0.05) is 6.07 Å². The van der Waals surface area contributed by atoms with E-state index in [4.69, 9.17) is 0 Å². The van der Waals surface area contributed by atoms with Crippen LogP contribution in [0.5, 0.6) is 0 Å². The molecule has 15 heavy (non-hydrogen) atoms. The van der Waals surface area contributed by atoms with Crippen molar-refractivity contribution in [3.05, 3.63) is 29.6 Å². The molecule has 0 atom stereocenters.